The van der Waals surface area contributed by atoms with Gasteiger partial charge in [0.25, 0.3) is 0 Å². The first-order chi connectivity index (χ1) is 10.6. The smallest absolute Gasteiger partial charge is 0.191 e. The second-order valence-corrected chi connectivity index (χ2v) is 5.63. The molecule has 0 amide bonds. The average Bonchev–Trinajstić information content (AvgIpc) is 2.50. The zero-order chi connectivity index (χ0) is 15.9. The molecule has 0 heterocycles. The Labute approximate surface area is 153 Å². The quantitative estimate of drug-likeness (QED) is 0.332. The van der Waals surface area contributed by atoms with Gasteiger partial charge in [0.15, 0.2) is 17.5 Å². The molecule has 1 aromatic rings. The van der Waals surface area contributed by atoms with Crippen LogP contribution in [-0.2, 0) is 6.54 Å². The highest BCUT2D eigenvalue weighted by atomic mass is 127. The number of aliphatic hydroxyl groups is 1. The maximum atomic E-state index is 13.3. The monoisotopic (exact) mass is 437 g/mol. The van der Waals surface area contributed by atoms with Crippen molar-refractivity contribution in [3.05, 3.63) is 29.6 Å². The van der Waals surface area contributed by atoms with Crippen molar-refractivity contribution >= 4 is 29.9 Å². The summed E-state index contributed by atoms with van der Waals surface area (Å²) in [5, 5.41) is 25.3. The van der Waals surface area contributed by atoms with Crippen LogP contribution < -0.4 is 10.6 Å². The molecular weight excluding hydrogens is 412 g/mol. The molecule has 0 aromatic heterocycles. The number of aromatic hydroxyl groups is 1. The Morgan fingerprint density at radius 3 is 2.61 bits per heavy atom. The predicted octanol–water partition coefficient (Wildman–Crippen LogP) is 2.51. The molecule has 0 unspecified atom stereocenters. The first-order valence-corrected chi connectivity index (χ1v) is 7.78. The summed E-state index contributed by atoms with van der Waals surface area (Å²) in [6.07, 6.45) is 3.26. The fraction of sp³-hybridized carbons (Fsp3) is 0.562. The van der Waals surface area contributed by atoms with Crippen molar-refractivity contribution in [2.45, 2.75) is 51.3 Å². The molecule has 0 aliphatic heterocycles. The maximum absolute atomic E-state index is 13.3. The maximum Gasteiger partial charge on any atom is 0.191 e. The molecule has 0 bridgehead atoms. The number of rotatable bonds is 4. The highest BCUT2D eigenvalue weighted by Gasteiger charge is 2.19. The van der Waals surface area contributed by atoms with Gasteiger partial charge in [-0.2, -0.15) is 0 Å². The first-order valence-electron chi connectivity index (χ1n) is 7.78. The number of hydrogen-bond acceptors (Lipinski definition) is 3. The highest BCUT2D eigenvalue weighted by molar-refractivity contribution is 14.0. The summed E-state index contributed by atoms with van der Waals surface area (Å²) in [7, 11) is 0. The fourth-order valence-corrected chi connectivity index (χ4v) is 2.55. The van der Waals surface area contributed by atoms with Gasteiger partial charge in [0.2, 0.25) is 0 Å². The van der Waals surface area contributed by atoms with Gasteiger partial charge in [-0.05, 0) is 50.3 Å². The minimum absolute atomic E-state index is 0. The third-order valence-corrected chi connectivity index (χ3v) is 3.81. The summed E-state index contributed by atoms with van der Waals surface area (Å²) in [5.41, 5.74) is 0.701. The van der Waals surface area contributed by atoms with E-state index in [4.69, 9.17) is 0 Å². The number of nitrogens with zero attached hydrogens (tertiary/aromatic N) is 1. The lowest BCUT2D eigenvalue weighted by Gasteiger charge is -2.27. The van der Waals surface area contributed by atoms with E-state index < -0.39 is 5.82 Å². The van der Waals surface area contributed by atoms with Gasteiger partial charge < -0.3 is 20.8 Å². The van der Waals surface area contributed by atoms with E-state index in [1.165, 1.54) is 12.1 Å². The van der Waals surface area contributed by atoms with E-state index in [0.717, 1.165) is 32.2 Å². The number of phenolic OH excluding ortho intramolecular Hbond substituents is 1. The molecule has 0 atom stereocenters. The summed E-state index contributed by atoms with van der Waals surface area (Å²) in [5.74, 6) is -0.289. The van der Waals surface area contributed by atoms with Crippen LogP contribution in [0.25, 0.3) is 0 Å². The standard InChI is InChI=1S/C16H24FN3O2.HI/c1-2-18-16(20-12-4-6-13(21)7-5-12)19-10-11-3-8-15(22)14(17)9-11;/h3,8-9,12-13,21-22H,2,4-7,10H2,1H3,(H2,18,19,20);1H. The van der Waals surface area contributed by atoms with Gasteiger partial charge in [-0.25, -0.2) is 9.38 Å². The number of halogens is 2. The summed E-state index contributed by atoms with van der Waals surface area (Å²) in [6.45, 7) is 3.06. The average molecular weight is 437 g/mol. The van der Waals surface area contributed by atoms with Crippen molar-refractivity contribution in [2.24, 2.45) is 4.99 Å². The molecule has 0 radical (unpaired) electrons. The van der Waals surface area contributed by atoms with E-state index in [1.54, 1.807) is 6.07 Å². The summed E-state index contributed by atoms with van der Waals surface area (Å²) in [4.78, 5) is 4.45. The summed E-state index contributed by atoms with van der Waals surface area (Å²) < 4.78 is 13.3. The molecule has 1 saturated carbocycles. The van der Waals surface area contributed by atoms with Crippen molar-refractivity contribution < 1.29 is 14.6 Å². The van der Waals surface area contributed by atoms with E-state index in [0.29, 0.717) is 24.1 Å². The highest BCUT2D eigenvalue weighted by Crippen LogP contribution is 2.18. The SMILES string of the molecule is CCNC(=NCc1ccc(O)c(F)c1)NC1CCC(O)CC1.I. The van der Waals surface area contributed by atoms with Gasteiger partial charge in [0, 0.05) is 12.6 Å². The van der Waals surface area contributed by atoms with E-state index in [1.807, 2.05) is 6.92 Å². The predicted molar refractivity (Wildman–Crippen MR) is 99.7 cm³/mol. The van der Waals surface area contributed by atoms with E-state index in [9.17, 15) is 14.6 Å². The third-order valence-electron chi connectivity index (χ3n) is 3.81. The fourth-order valence-electron chi connectivity index (χ4n) is 2.55. The number of aliphatic hydroxyl groups excluding tert-OH is 1. The van der Waals surface area contributed by atoms with Gasteiger partial charge in [-0.1, -0.05) is 6.07 Å². The van der Waals surface area contributed by atoms with Crippen molar-refractivity contribution in [1.29, 1.82) is 0 Å². The molecule has 7 heteroatoms. The van der Waals surface area contributed by atoms with Crippen LogP contribution in [0.1, 0.15) is 38.2 Å². The zero-order valence-corrected chi connectivity index (χ0v) is 15.6. The molecule has 23 heavy (non-hydrogen) atoms. The number of hydrogen-bond donors (Lipinski definition) is 4. The first kappa shape index (κ1) is 20.0. The van der Waals surface area contributed by atoms with Crippen molar-refractivity contribution in [3.8, 4) is 5.75 Å². The topological polar surface area (TPSA) is 76.9 Å². The number of aliphatic imine (C=N–C) groups is 1. The van der Waals surface area contributed by atoms with Crippen LogP contribution in [0.4, 0.5) is 4.39 Å². The van der Waals surface area contributed by atoms with Crippen molar-refractivity contribution in [1.82, 2.24) is 10.6 Å². The van der Waals surface area contributed by atoms with Gasteiger partial charge in [-0.15, -0.1) is 24.0 Å². The van der Waals surface area contributed by atoms with E-state index in [2.05, 4.69) is 15.6 Å². The lowest BCUT2D eigenvalue weighted by atomic mass is 9.93. The van der Waals surface area contributed by atoms with Crippen LogP contribution >= 0.6 is 24.0 Å². The van der Waals surface area contributed by atoms with E-state index in [-0.39, 0.29) is 35.8 Å². The number of guanidine groups is 1. The summed E-state index contributed by atoms with van der Waals surface area (Å²) >= 11 is 0. The molecule has 1 aromatic carbocycles. The Balaban J connectivity index is 0.00000264. The molecule has 0 spiro atoms. The lowest BCUT2D eigenvalue weighted by molar-refractivity contribution is 0.120. The Morgan fingerprint density at radius 1 is 1.30 bits per heavy atom. The Morgan fingerprint density at radius 2 is 2.00 bits per heavy atom. The van der Waals surface area contributed by atoms with Crippen molar-refractivity contribution in [3.63, 3.8) is 0 Å². The van der Waals surface area contributed by atoms with Crippen LogP contribution in [0.5, 0.6) is 5.75 Å². The Kier molecular flexibility index (Phi) is 8.60. The van der Waals surface area contributed by atoms with Crippen LogP contribution in [0.3, 0.4) is 0 Å². The second-order valence-electron chi connectivity index (χ2n) is 5.63. The molecule has 4 N–H and O–H groups in total. The number of phenols is 1. The number of benzene rings is 1. The number of nitrogens with one attached hydrogen (secondary N) is 2. The van der Waals surface area contributed by atoms with E-state index >= 15 is 0 Å². The molecule has 2 rings (SSSR count). The molecule has 1 aliphatic carbocycles. The van der Waals surface area contributed by atoms with Gasteiger partial charge in [0.05, 0.1) is 12.6 Å². The minimum Gasteiger partial charge on any atom is -0.505 e. The molecule has 5 nitrogen and oxygen atoms in total. The van der Waals surface area contributed by atoms with Crippen LogP contribution in [0.15, 0.2) is 23.2 Å². The normalized spacial score (nSPS) is 21.4. The molecule has 1 aliphatic rings. The molecule has 130 valence electrons. The molecule has 1 fully saturated rings. The minimum atomic E-state index is -0.632. The van der Waals surface area contributed by atoms with Crippen LogP contribution in [-0.4, -0.2) is 34.9 Å². The van der Waals surface area contributed by atoms with Crippen molar-refractivity contribution in [2.75, 3.05) is 6.54 Å². The van der Waals surface area contributed by atoms with Gasteiger partial charge in [-0.3, -0.25) is 0 Å². The second kappa shape index (κ2) is 9.92. The van der Waals surface area contributed by atoms with Crippen LogP contribution in [0, 0.1) is 5.82 Å². The van der Waals surface area contributed by atoms with Gasteiger partial charge in [0.1, 0.15) is 0 Å². The van der Waals surface area contributed by atoms with Crippen LogP contribution in [0.2, 0.25) is 0 Å². The molecular formula is C16H25FIN3O2. The summed E-state index contributed by atoms with van der Waals surface area (Å²) in [6, 6.07) is 4.59. The van der Waals surface area contributed by atoms with Gasteiger partial charge >= 0.3 is 0 Å². The Bertz CT molecular complexity index is 520. The zero-order valence-electron chi connectivity index (χ0n) is 13.3. The Hall–Kier alpha value is -1.09. The lowest BCUT2D eigenvalue weighted by Crippen LogP contribution is -2.45. The molecule has 0 saturated heterocycles. The third kappa shape index (κ3) is 6.50. The largest absolute Gasteiger partial charge is 0.505 e.